The second kappa shape index (κ2) is 19.6. The Labute approximate surface area is 292 Å². The second-order valence-corrected chi connectivity index (χ2v) is 10.1. The molecular weight excluding hydrogens is 674 g/mol. The fourth-order valence-electron chi connectivity index (χ4n) is 3.82. The van der Waals surface area contributed by atoms with Crippen LogP contribution < -0.4 is 26.8 Å². The van der Waals surface area contributed by atoms with Crippen molar-refractivity contribution in [3.8, 4) is 17.2 Å². The number of hydrogen-bond acceptors (Lipinski definition) is 9. The van der Waals surface area contributed by atoms with E-state index in [1.807, 2.05) is 0 Å². The van der Waals surface area contributed by atoms with Gasteiger partial charge in [-0.2, -0.15) is 0 Å². The third kappa shape index (κ3) is 12.1. The van der Waals surface area contributed by atoms with Gasteiger partial charge in [-0.3, -0.25) is 14.4 Å². The molecule has 0 heterocycles. The van der Waals surface area contributed by atoms with Crippen molar-refractivity contribution in [2.24, 2.45) is 0 Å². The highest BCUT2D eigenvalue weighted by molar-refractivity contribution is 6.67. The number of nitrogens with two attached hydrogens (primary N) is 2. The predicted molar refractivity (Wildman–Crippen MR) is 190 cm³/mol. The van der Waals surface area contributed by atoms with E-state index in [4.69, 9.17) is 32.5 Å². The van der Waals surface area contributed by atoms with E-state index in [0.717, 1.165) is 6.07 Å². The van der Waals surface area contributed by atoms with Gasteiger partial charge in [-0.05, 0) is 90.5 Å². The van der Waals surface area contributed by atoms with Gasteiger partial charge in [-0.15, -0.1) is 0 Å². The maximum atomic E-state index is 14.3. The third-order valence-electron chi connectivity index (χ3n) is 6.21. The Kier molecular flexibility index (Phi) is 15.7. The molecule has 5 aromatic carbocycles. The topological polar surface area (TPSA) is 186 Å². The summed E-state index contributed by atoms with van der Waals surface area (Å²) in [5, 5.41) is 23.4. The fourth-order valence-corrected chi connectivity index (χ4v) is 3.94. The van der Waals surface area contributed by atoms with Crippen LogP contribution in [0.5, 0.6) is 17.2 Å². The number of rotatable bonds is 8. The quantitative estimate of drug-likeness (QED) is 0.0542. The first-order chi connectivity index (χ1) is 23.4. The molecule has 0 spiro atoms. The van der Waals surface area contributed by atoms with Crippen molar-refractivity contribution in [2.75, 3.05) is 36.0 Å². The minimum absolute atomic E-state index is 0. The molecule has 5 rings (SSSR count). The maximum Gasteiger partial charge on any atom is 0.255 e. The number of carbonyl (C=O) groups is 3. The lowest BCUT2D eigenvalue weighted by Crippen LogP contribution is -2.17. The summed E-state index contributed by atoms with van der Waals surface area (Å²) in [6.07, 6.45) is 0. The fraction of sp³-hybridized carbons (Fsp3) is 0.0833. The second-order valence-electron chi connectivity index (χ2n) is 9.77. The molecule has 0 aromatic heterocycles. The summed E-state index contributed by atoms with van der Waals surface area (Å²) >= 11 is 5.28. The number of halogens is 3. The number of phenolic OH excluding ortho intramolecular Hbond substituents is 2. The van der Waals surface area contributed by atoms with Gasteiger partial charge in [0.05, 0.1) is 17.1 Å². The Hall–Kier alpha value is -6.18. The van der Waals surface area contributed by atoms with Crippen molar-refractivity contribution in [3.63, 3.8) is 0 Å². The summed E-state index contributed by atoms with van der Waals surface area (Å²) in [5.41, 5.74) is 11.3. The molecule has 0 radical (unpaired) electrons. The summed E-state index contributed by atoms with van der Waals surface area (Å²) in [7, 11) is 1.52. The smallest absolute Gasteiger partial charge is 0.255 e. The molecule has 2 amide bonds. The average Bonchev–Trinajstić information content (AvgIpc) is 3.08. The van der Waals surface area contributed by atoms with Gasteiger partial charge in [0.15, 0.2) is 6.79 Å². The number of anilines is 4. The van der Waals surface area contributed by atoms with E-state index in [1.165, 1.54) is 79.9 Å². The van der Waals surface area contributed by atoms with Gasteiger partial charge in [-0.1, -0.05) is 37.8 Å². The lowest BCUT2D eigenvalue weighted by Gasteiger charge is -2.13. The van der Waals surface area contributed by atoms with Gasteiger partial charge in [0, 0.05) is 23.8 Å². The number of amides is 2. The normalized spacial score (nSPS) is 9.76. The molecule has 0 unspecified atom stereocenters. The molecule has 8 N–H and O–H groups in total. The first-order valence-electron chi connectivity index (χ1n) is 14.1. The summed E-state index contributed by atoms with van der Waals surface area (Å²) < 4.78 is 36.5. The lowest BCUT2D eigenvalue weighted by molar-refractivity contribution is 0.0510. The van der Waals surface area contributed by atoms with Crippen LogP contribution in [0.15, 0.2) is 109 Å². The first kappa shape index (κ1) is 40.0. The highest BCUT2D eigenvalue weighted by Gasteiger charge is 2.16. The van der Waals surface area contributed by atoms with Crippen LogP contribution in [-0.2, 0) is 4.74 Å². The molecule has 50 heavy (non-hydrogen) atoms. The van der Waals surface area contributed by atoms with E-state index < -0.39 is 28.7 Å². The standard InChI is InChI=1S/C20H15FN2O4.C9H9ClO3.C6H7FN2.CH4/c21-16-8-3-9-17(22-19(26)12-4-1-6-14(24)10-12)18(16)23-20(27)13-5-2-7-15(25)11-13;1-12-6-13-8-4-2-3-7(5-8)9(10)11;7-4-2-1-3-5(8)6(4)9;/h1-11,24-25H,(H,22,26)(H,23,27);2-5H,6H2,1H3;1-3H,8-9H2;1H4. The van der Waals surface area contributed by atoms with E-state index in [9.17, 15) is 33.4 Å². The van der Waals surface area contributed by atoms with E-state index in [2.05, 4.69) is 10.6 Å². The number of aromatic hydroxyl groups is 2. The van der Waals surface area contributed by atoms with Crippen molar-refractivity contribution in [3.05, 3.63) is 138 Å². The number of methoxy groups -OCH3 is 1. The summed E-state index contributed by atoms with van der Waals surface area (Å²) in [6, 6.07) is 26.1. The molecule has 0 fully saturated rings. The van der Waals surface area contributed by atoms with Crippen LogP contribution in [0.4, 0.5) is 31.5 Å². The Morgan fingerprint density at radius 3 is 1.78 bits per heavy atom. The zero-order valence-electron chi connectivity index (χ0n) is 25.8. The SMILES string of the molecule is C.COCOc1cccc(C(=O)Cl)c1.Nc1cccc(F)c1N.O=C(Nc1cccc(F)c1NC(=O)c1cccc(O)c1)c1cccc(O)c1. The van der Waals surface area contributed by atoms with Gasteiger partial charge >= 0.3 is 0 Å². The van der Waals surface area contributed by atoms with Crippen molar-refractivity contribution < 1.29 is 42.9 Å². The monoisotopic (exact) mass is 708 g/mol. The molecule has 14 heteroatoms. The van der Waals surface area contributed by atoms with Gasteiger partial charge < -0.3 is 41.8 Å². The number of para-hydroxylation sites is 2. The Morgan fingerprint density at radius 1 is 0.720 bits per heavy atom. The van der Waals surface area contributed by atoms with E-state index in [-0.39, 0.29) is 59.6 Å². The van der Waals surface area contributed by atoms with Crippen LogP contribution in [0.3, 0.4) is 0 Å². The van der Waals surface area contributed by atoms with Crippen LogP contribution in [0.2, 0.25) is 0 Å². The molecule has 5 aromatic rings. The minimum atomic E-state index is -0.739. The molecule has 0 bridgehead atoms. The van der Waals surface area contributed by atoms with E-state index in [0.29, 0.717) is 11.3 Å². The van der Waals surface area contributed by atoms with Crippen molar-refractivity contribution in [1.82, 2.24) is 0 Å². The highest BCUT2D eigenvalue weighted by Crippen LogP contribution is 2.27. The summed E-state index contributed by atoms with van der Waals surface area (Å²) in [6.45, 7) is 0.153. The largest absolute Gasteiger partial charge is 0.508 e. The van der Waals surface area contributed by atoms with E-state index >= 15 is 0 Å². The zero-order chi connectivity index (χ0) is 35.9. The Bertz CT molecular complexity index is 1910. The Balaban J connectivity index is 0.000000311. The number of nitrogen functional groups attached to an aromatic ring is 2. The van der Waals surface area contributed by atoms with Crippen molar-refractivity contribution >= 4 is 51.4 Å². The van der Waals surface area contributed by atoms with Gasteiger partial charge in [0.25, 0.3) is 17.1 Å². The molecule has 0 saturated carbocycles. The Morgan fingerprint density at radius 2 is 1.24 bits per heavy atom. The molecule has 0 atom stereocenters. The first-order valence-corrected chi connectivity index (χ1v) is 14.5. The third-order valence-corrected chi connectivity index (χ3v) is 6.43. The maximum absolute atomic E-state index is 14.3. The lowest BCUT2D eigenvalue weighted by atomic mass is 10.1. The zero-order valence-corrected chi connectivity index (χ0v) is 26.6. The molecule has 11 nitrogen and oxygen atoms in total. The molecule has 0 aliphatic carbocycles. The molecular formula is C36H35ClF2N4O7. The molecule has 0 saturated heterocycles. The number of phenols is 2. The number of ether oxygens (including phenoxy) is 2. The number of hydrogen-bond donors (Lipinski definition) is 6. The molecule has 0 aliphatic rings. The summed E-state index contributed by atoms with van der Waals surface area (Å²) in [5.74, 6) is -2.05. The van der Waals surface area contributed by atoms with Gasteiger partial charge in [-0.25, -0.2) is 8.78 Å². The van der Waals surface area contributed by atoms with Crippen LogP contribution >= 0.6 is 11.6 Å². The van der Waals surface area contributed by atoms with Gasteiger partial charge in [0.2, 0.25) is 0 Å². The summed E-state index contributed by atoms with van der Waals surface area (Å²) in [4.78, 5) is 35.4. The minimum Gasteiger partial charge on any atom is -0.508 e. The van der Waals surface area contributed by atoms with Crippen LogP contribution in [-0.4, -0.2) is 41.2 Å². The number of nitrogens with one attached hydrogen (secondary N) is 2. The predicted octanol–water partition coefficient (Wildman–Crippen LogP) is 7.42. The number of carbonyl (C=O) groups excluding carboxylic acids is 3. The molecule has 262 valence electrons. The molecule has 0 aliphatic heterocycles. The average molecular weight is 709 g/mol. The van der Waals surface area contributed by atoms with Crippen LogP contribution in [0.1, 0.15) is 38.5 Å². The highest BCUT2D eigenvalue weighted by atomic mass is 35.5. The van der Waals surface area contributed by atoms with Crippen LogP contribution in [0.25, 0.3) is 0 Å². The number of benzene rings is 5. The van der Waals surface area contributed by atoms with Crippen molar-refractivity contribution in [1.29, 1.82) is 0 Å². The van der Waals surface area contributed by atoms with Crippen molar-refractivity contribution in [2.45, 2.75) is 7.43 Å². The van der Waals surface area contributed by atoms with E-state index in [1.54, 1.807) is 30.3 Å². The van der Waals surface area contributed by atoms with Crippen LogP contribution in [0, 0.1) is 11.6 Å². The van der Waals surface area contributed by atoms with Gasteiger partial charge in [0.1, 0.15) is 34.6 Å².